The third-order valence-electron chi connectivity index (χ3n) is 4.92. The summed E-state index contributed by atoms with van der Waals surface area (Å²) in [7, 11) is 0. The summed E-state index contributed by atoms with van der Waals surface area (Å²) >= 11 is 0. The third-order valence-corrected chi connectivity index (χ3v) is 4.92. The van der Waals surface area contributed by atoms with E-state index in [4.69, 9.17) is 9.72 Å². The van der Waals surface area contributed by atoms with E-state index >= 15 is 0 Å². The standard InChI is InChI=1S/C22H21NO2/c1-15-11-12-20-18(13-15)21(17-9-5-6-10-19(17)23-20)22(24)25-14-16-7-3-2-4-8-16/h2-10,15H,11-14H2,1H3. The van der Waals surface area contributed by atoms with Gasteiger partial charge in [0.15, 0.2) is 0 Å². The molecule has 0 spiro atoms. The topological polar surface area (TPSA) is 39.2 Å². The number of hydrogen-bond donors (Lipinski definition) is 0. The molecule has 126 valence electrons. The van der Waals surface area contributed by atoms with E-state index in [1.54, 1.807) is 0 Å². The summed E-state index contributed by atoms with van der Waals surface area (Å²) in [5.74, 6) is 0.323. The molecule has 1 unspecified atom stereocenters. The van der Waals surface area contributed by atoms with E-state index < -0.39 is 0 Å². The van der Waals surface area contributed by atoms with Gasteiger partial charge >= 0.3 is 5.97 Å². The molecular weight excluding hydrogens is 310 g/mol. The summed E-state index contributed by atoms with van der Waals surface area (Å²) < 4.78 is 5.66. The van der Waals surface area contributed by atoms with E-state index in [0.29, 0.717) is 18.1 Å². The van der Waals surface area contributed by atoms with E-state index in [1.165, 1.54) is 0 Å². The zero-order valence-corrected chi connectivity index (χ0v) is 14.4. The Morgan fingerprint density at radius 3 is 2.72 bits per heavy atom. The van der Waals surface area contributed by atoms with Crippen molar-refractivity contribution >= 4 is 16.9 Å². The lowest BCUT2D eigenvalue weighted by Crippen LogP contribution is -2.19. The van der Waals surface area contributed by atoms with Gasteiger partial charge in [-0.25, -0.2) is 4.79 Å². The normalized spacial score (nSPS) is 16.4. The third kappa shape index (κ3) is 3.14. The Morgan fingerprint density at radius 2 is 1.88 bits per heavy atom. The van der Waals surface area contributed by atoms with Crippen molar-refractivity contribution in [2.24, 2.45) is 5.92 Å². The second-order valence-corrected chi connectivity index (χ2v) is 6.84. The van der Waals surface area contributed by atoms with Crippen molar-refractivity contribution in [2.45, 2.75) is 32.8 Å². The summed E-state index contributed by atoms with van der Waals surface area (Å²) in [6.45, 7) is 2.53. The highest BCUT2D eigenvalue weighted by molar-refractivity contribution is 6.05. The smallest absolute Gasteiger partial charge is 0.339 e. The van der Waals surface area contributed by atoms with Gasteiger partial charge in [-0.1, -0.05) is 55.5 Å². The van der Waals surface area contributed by atoms with Gasteiger partial charge in [-0.3, -0.25) is 4.98 Å². The minimum Gasteiger partial charge on any atom is -0.457 e. The molecule has 0 saturated carbocycles. The Kier molecular flexibility index (Phi) is 4.22. The van der Waals surface area contributed by atoms with E-state index in [0.717, 1.165) is 47.0 Å². The fraction of sp³-hybridized carbons (Fsp3) is 0.273. The van der Waals surface area contributed by atoms with E-state index in [1.807, 2.05) is 54.6 Å². The van der Waals surface area contributed by atoms with Crippen molar-refractivity contribution in [1.82, 2.24) is 4.98 Å². The van der Waals surface area contributed by atoms with Crippen LogP contribution in [0.15, 0.2) is 54.6 Å². The number of nitrogens with zero attached hydrogens (tertiary/aromatic N) is 1. The first-order valence-corrected chi connectivity index (χ1v) is 8.84. The summed E-state index contributed by atoms with van der Waals surface area (Å²) in [6, 6.07) is 17.7. The number of fused-ring (bicyclic) bond motifs is 2. The summed E-state index contributed by atoms with van der Waals surface area (Å²) in [4.78, 5) is 17.8. The number of esters is 1. The maximum absolute atomic E-state index is 13.0. The lowest BCUT2D eigenvalue weighted by Gasteiger charge is -2.24. The number of para-hydroxylation sites is 1. The van der Waals surface area contributed by atoms with Crippen LogP contribution in [0.1, 0.15) is 40.5 Å². The Balaban J connectivity index is 1.74. The van der Waals surface area contributed by atoms with Gasteiger partial charge in [-0.2, -0.15) is 0 Å². The molecule has 4 rings (SSSR count). The van der Waals surface area contributed by atoms with Crippen LogP contribution in [0.3, 0.4) is 0 Å². The first-order valence-electron chi connectivity index (χ1n) is 8.84. The Labute approximate surface area is 147 Å². The number of hydrogen-bond acceptors (Lipinski definition) is 3. The van der Waals surface area contributed by atoms with Crippen molar-refractivity contribution in [3.8, 4) is 0 Å². The van der Waals surface area contributed by atoms with Gasteiger partial charge in [-0.05, 0) is 42.4 Å². The highest BCUT2D eigenvalue weighted by Gasteiger charge is 2.26. The van der Waals surface area contributed by atoms with Crippen LogP contribution in [-0.2, 0) is 24.2 Å². The van der Waals surface area contributed by atoms with Gasteiger partial charge in [0.05, 0.1) is 11.1 Å². The molecule has 0 N–H and O–H groups in total. The molecule has 0 radical (unpaired) electrons. The minimum absolute atomic E-state index is 0.243. The van der Waals surface area contributed by atoms with Gasteiger partial charge in [0.25, 0.3) is 0 Å². The monoisotopic (exact) mass is 331 g/mol. The minimum atomic E-state index is -0.243. The first-order chi connectivity index (χ1) is 12.2. The molecule has 3 aromatic rings. The van der Waals surface area contributed by atoms with Crippen LogP contribution in [0.2, 0.25) is 0 Å². The molecule has 1 aromatic heterocycles. The van der Waals surface area contributed by atoms with Crippen molar-refractivity contribution in [3.63, 3.8) is 0 Å². The molecule has 0 bridgehead atoms. The molecule has 1 aliphatic rings. The van der Waals surface area contributed by atoms with Crippen molar-refractivity contribution in [2.75, 3.05) is 0 Å². The zero-order chi connectivity index (χ0) is 17.2. The predicted octanol–water partition coefficient (Wildman–Crippen LogP) is 4.72. The zero-order valence-electron chi connectivity index (χ0n) is 14.4. The summed E-state index contributed by atoms with van der Waals surface area (Å²) in [6.07, 6.45) is 2.94. The van der Waals surface area contributed by atoms with Crippen LogP contribution in [-0.4, -0.2) is 11.0 Å². The average Bonchev–Trinajstić information content (AvgIpc) is 2.65. The van der Waals surface area contributed by atoms with Crippen LogP contribution >= 0.6 is 0 Å². The van der Waals surface area contributed by atoms with Crippen LogP contribution < -0.4 is 0 Å². The highest BCUT2D eigenvalue weighted by atomic mass is 16.5. The Bertz CT molecular complexity index is 918. The average molecular weight is 331 g/mol. The maximum Gasteiger partial charge on any atom is 0.339 e. The van der Waals surface area contributed by atoms with E-state index in [2.05, 4.69) is 6.92 Å². The summed E-state index contributed by atoms with van der Waals surface area (Å²) in [5.41, 5.74) is 4.72. The van der Waals surface area contributed by atoms with Crippen molar-refractivity contribution in [1.29, 1.82) is 0 Å². The van der Waals surface area contributed by atoms with Gasteiger partial charge < -0.3 is 4.74 Å². The number of pyridine rings is 1. The molecule has 0 saturated heterocycles. The van der Waals surface area contributed by atoms with Crippen molar-refractivity contribution < 1.29 is 9.53 Å². The molecule has 0 amide bonds. The molecule has 0 aliphatic heterocycles. The molecule has 25 heavy (non-hydrogen) atoms. The number of ether oxygens (including phenoxy) is 1. The molecule has 0 fully saturated rings. The van der Waals surface area contributed by atoms with Gasteiger partial charge in [-0.15, -0.1) is 0 Å². The molecule has 3 heteroatoms. The van der Waals surface area contributed by atoms with Crippen LogP contribution in [0.25, 0.3) is 10.9 Å². The van der Waals surface area contributed by atoms with Gasteiger partial charge in [0, 0.05) is 11.1 Å². The number of benzene rings is 2. The number of carbonyl (C=O) groups excluding carboxylic acids is 1. The van der Waals surface area contributed by atoms with Gasteiger partial charge in [0.2, 0.25) is 0 Å². The number of rotatable bonds is 3. The first kappa shape index (κ1) is 15.8. The summed E-state index contributed by atoms with van der Waals surface area (Å²) in [5, 5.41) is 0.897. The SMILES string of the molecule is CC1CCc2nc3ccccc3c(C(=O)OCc3ccccc3)c2C1. The lowest BCUT2D eigenvalue weighted by molar-refractivity contribution is 0.0473. The number of aromatic nitrogens is 1. The molecule has 1 heterocycles. The fourth-order valence-electron chi connectivity index (χ4n) is 3.59. The fourth-order valence-corrected chi connectivity index (χ4v) is 3.59. The quantitative estimate of drug-likeness (QED) is 0.652. The lowest BCUT2D eigenvalue weighted by atomic mass is 9.84. The Morgan fingerprint density at radius 1 is 1.12 bits per heavy atom. The van der Waals surface area contributed by atoms with E-state index in [9.17, 15) is 4.79 Å². The molecule has 2 aromatic carbocycles. The van der Waals surface area contributed by atoms with Crippen LogP contribution in [0.5, 0.6) is 0 Å². The van der Waals surface area contributed by atoms with Crippen LogP contribution in [0.4, 0.5) is 0 Å². The number of carbonyl (C=O) groups is 1. The largest absolute Gasteiger partial charge is 0.457 e. The maximum atomic E-state index is 13.0. The molecular formula is C22H21NO2. The van der Waals surface area contributed by atoms with Crippen LogP contribution in [0, 0.1) is 5.92 Å². The van der Waals surface area contributed by atoms with Crippen molar-refractivity contribution in [3.05, 3.63) is 77.0 Å². The molecule has 3 nitrogen and oxygen atoms in total. The Hall–Kier alpha value is -2.68. The second kappa shape index (κ2) is 6.67. The second-order valence-electron chi connectivity index (χ2n) is 6.84. The number of aryl methyl sites for hydroxylation is 1. The molecule has 1 atom stereocenters. The van der Waals surface area contributed by atoms with Gasteiger partial charge in [0.1, 0.15) is 6.61 Å². The molecule has 1 aliphatic carbocycles. The van der Waals surface area contributed by atoms with E-state index in [-0.39, 0.29) is 5.97 Å². The highest BCUT2D eigenvalue weighted by Crippen LogP contribution is 2.32. The predicted molar refractivity (Wildman–Crippen MR) is 98.5 cm³/mol.